The van der Waals surface area contributed by atoms with E-state index < -0.39 is 17.7 Å². The molecule has 7 nitrogen and oxygen atoms in total. The first-order valence-corrected chi connectivity index (χ1v) is 9.31. The molecular formula is C22H21NO6. The SMILES string of the molecule is CC1(C)OC(=O)C(=CNc2cc3c(c(OCc4ccccc4)c2)OCC3)C(=O)O1. The van der Waals surface area contributed by atoms with Gasteiger partial charge >= 0.3 is 11.9 Å². The van der Waals surface area contributed by atoms with Crippen molar-refractivity contribution >= 4 is 17.6 Å². The number of fused-ring (bicyclic) bond motifs is 1. The summed E-state index contributed by atoms with van der Waals surface area (Å²) in [6, 6.07) is 13.5. The highest BCUT2D eigenvalue weighted by molar-refractivity contribution is 6.15. The number of benzene rings is 2. The molecule has 7 heteroatoms. The Morgan fingerprint density at radius 2 is 1.83 bits per heavy atom. The second-order valence-corrected chi connectivity index (χ2v) is 7.22. The third kappa shape index (κ3) is 4.18. The van der Waals surface area contributed by atoms with Crippen LogP contribution in [-0.4, -0.2) is 24.3 Å². The molecule has 0 bridgehead atoms. The summed E-state index contributed by atoms with van der Waals surface area (Å²) in [6.45, 7) is 3.98. The molecule has 0 saturated carbocycles. The predicted octanol–water partition coefficient (Wildman–Crippen LogP) is 3.33. The predicted molar refractivity (Wildman–Crippen MR) is 104 cm³/mol. The molecular weight excluding hydrogens is 374 g/mol. The summed E-state index contributed by atoms with van der Waals surface area (Å²) in [5.74, 6) is -1.42. The number of rotatable bonds is 5. The molecule has 0 aliphatic carbocycles. The number of carbonyl (C=O) groups excluding carboxylic acids is 2. The number of esters is 2. The Labute approximate surface area is 168 Å². The Kier molecular flexibility index (Phi) is 4.88. The first-order valence-electron chi connectivity index (χ1n) is 9.31. The molecule has 2 aromatic carbocycles. The van der Waals surface area contributed by atoms with Crippen LogP contribution in [0.15, 0.2) is 54.2 Å². The van der Waals surface area contributed by atoms with Crippen LogP contribution in [0.5, 0.6) is 11.5 Å². The maximum absolute atomic E-state index is 12.1. The number of nitrogens with one attached hydrogen (secondary N) is 1. The fourth-order valence-electron chi connectivity index (χ4n) is 3.13. The average molecular weight is 395 g/mol. The largest absolute Gasteiger partial charge is 0.489 e. The topological polar surface area (TPSA) is 83.1 Å². The Hall–Kier alpha value is -3.48. The van der Waals surface area contributed by atoms with Gasteiger partial charge in [-0.05, 0) is 11.6 Å². The molecule has 1 fully saturated rings. The molecule has 0 aromatic heterocycles. The number of anilines is 1. The van der Waals surface area contributed by atoms with Crippen molar-refractivity contribution in [2.24, 2.45) is 0 Å². The first kappa shape index (κ1) is 18.9. The molecule has 0 amide bonds. The number of hydrogen-bond acceptors (Lipinski definition) is 7. The molecule has 2 aliphatic rings. The van der Waals surface area contributed by atoms with Crippen LogP contribution >= 0.6 is 0 Å². The summed E-state index contributed by atoms with van der Waals surface area (Å²) in [5.41, 5.74) is 2.49. The number of cyclic esters (lactones) is 2. The van der Waals surface area contributed by atoms with E-state index in [0.29, 0.717) is 24.7 Å². The summed E-state index contributed by atoms with van der Waals surface area (Å²) in [5, 5.41) is 2.97. The van der Waals surface area contributed by atoms with Gasteiger partial charge in [-0.2, -0.15) is 0 Å². The van der Waals surface area contributed by atoms with Gasteiger partial charge in [0.2, 0.25) is 0 Å². The zero-order valence-electron chi connectivity index (χ0n) is 16.2. The highest BCUT2D eigenvalue weighted by atomic mass is 16.7. The van der Waals surface area contributed by atoms with Gasteiger partial charge in [0.15, 0.2) is 17.1 Å². The quantitative estimate of drug-likeness (QED) is 0.472. The Morgan fingerprint density at radius 3 is 2.55 bits per heavy atom. The van der Waals surface area contributed by atoms with Gasteiger partial charge in [-0.25, -0.2) is 9.59 Å². The van der Waals surface area contributed by atoms with E-state index in [1.807, 2.05) is 36.4 Å². The number of carbonyl (C=O) groups is 2. The van der Waals surface area contributed by atoms with Crippen molar-refractivity contribution in [3.63, 3.8) is 0 Å². The molecule has 2 heterocycles. The highest BCUT2D eigenvalue weighted by Gasteiger charge is 2.39. The van der Waals surface area contributed by atoms with Gasteiger partial charge in [-0.15, -0.1) is 0 Å². The molecule has 2 aliphatic heterocycles. The van der Waals surface area contributed by atoms with Crippen LogP contribution in [0.25, 0.3) is 0 Å². The van der Waals surface area contributed by atoms with E-state index in [4.69, 9.17) is 18.9 Å². The second-order valence-electron chi connectivity index (χ2n) is 7.22. The summed E-state index contributed by atoms with van der Waals surface area (Å²) >= 11 is 0. The second kappa shape index (κ2) is 7.50. The van der Waals surface area contributed by atoms with Gasteiger partial charge in [0.25, 0.3) is 5.79 Å². The maximum atomic E-state index is 12.1. The Bertz CT molecular complexity index is 958. The third-order valence-corrected chi connectivity index (χ3v) is 4.49. The van der Waals surface area contributed by atoms with Gasteiger partial charge < -0.3 is 24.3 Å². The lowest BCUT2D eigenvalue weighted by molar-refractivity contribution is -0.222. The van der Waals surface area contributed by atoms with Gasteiger partial charge in [0.1, 0.15) is 6.61 Å². The zero-order chi connectivity index (χ0) is 20.4. The van der Waals surface area contributed by atoms with Gasteiger partial charge in [0, 0.05) is 43.8 Å². The Balaban J connectivity index is 1.54. The molecule has 150 valence electrons. The smallest absolute Gasteiger partial charge is 0.350 e. The average Bonchev–Trinajstić information content (AvgIpc) is 3.14. The normalized spacial score (nSPS) is 17.0. The van der Waals surface area contributed by atoms with E-state index >= 15 is 0 Å². The molecule has 0 atom stereocenters. The standard InChI is InChI=1S/C22H21NO6/c1-22(2)28-20(24)17(21(25)29-22)12-23-16-10-15-8-9-26-19(15)18(11-16)27-13-14-6-4-3-5-7-14/h3-7,10-12,23H,8-9,13H2,1-2H3. The molecule has 4 rings (SSSR count). The number of hydrogen-bond donors (Lipinski definition) is 1. The van der Waals surface area contributed by atoms with Crippen LogP contribution in [0.3, 0.4) is 0 Å². The molecule has 0 unspecified atom stereocenters. The lowest BCUT2D eigenvalue weighted by Crippen LogP contribution is -2.42. The van der Waals surface area contributed by atoms with Gasteiger partial charge in [-0.3, -0.25) is 0 Å². The van der Waals surface area contributed by atoms with E-state index in [1.54, 1.807) is 6.07 Å². The van der Waals surface area contributed by atoms with Crippen molar-refractivity contribution in [3.05, 3.63) is 65.4 Å². The molecule has 2 aromatic rings. The van der Waals surface area contributed by atoms with Crippen molar-refractivity contribution in [2.75, 3.05) is 11.9 Å². The van der Waals surface area contributed by atoms with Crippen LogP contribution in [0.1, 0.15) is 25.0 Å². The summed E-state index contributed by atoms with van der Waals surface area (Å²) in [7, 11) is 0. The maximum Gasteiger partial charge on any atom is 0.350 e. The Morgan fingerprint density at radius 1 is 1.10 bits per heavy atom. The summed E-state index contributed by atoms with van der Waals surface area (Å²) in [6.07, 6.45) is 2.04. The van der Waals surface area contributed by atoms with Crippen LogP contribution in [-0.2, 0) is 32.1 Å². The van der Waals surface area contributed by atoms with Crippen molar-refractivity contribution in [1.29, 1.82) is 0 Å². The van der Waals surface area contributed by atoms with Crippen LogP contribution < -0.4 is 14.8 Å². The van der Waals surface area contributed by atoms with E-state index in [9.17, 15) is 9.59 Å². The van der Waals surface area contributed by atoms with Crippen molar-refractivity contribution in [2.45, 2.75) is 32.7 Å². The van der Waals surface area contributed by atoms with Crippen LogP contribution in [0.2, 0.25) is 0 Å². The van der Waals surface area contributed by atoms with Gasteiger partial charge in [0.05, 0.1) is 6.61 Å². The highest BCUT2D eigenvalue weighted by Crippen LogP contribution is 2.39. The summed E-state index contributed by atoms with van der Waals surface area (Å²) in [4.78, 5) is 24.2. The molecule has 1 saturated heterocycles. The van der Waals surface area contributed by atoms with Gasteiger partial charge in [-0.1, -0.05) is 30.3 Å². The summed E-state index contributed by atoms with van der Waals surface area (Å²) < 4.78 is 21.9. The fraction of sp³-hybridized carbons (Fsp3) is 0.273. The molecule has 29 heavy (non-hydrogen) atoms. The lowest BCUT2D eigenvalue weighted by atomic mass is 10.1. The molecule has 1 N–H and O–H groups in total. The first-order chi connectivity index (χ1) is 13.9. The van der Waals surface area contributed by atoms with Crippen molar-refractivity contribution < 1.29 is 28.5 Å². The minimum Gasteiger partial charge on any atom is -0.489 e. The molecule has 0 radical (unpaired) electrons. The van der Waals surface area contributed by atoms with E-state index in [2.05, 4.69) is 5.32 Å². The third-order valence-electron chi connectivity index (χ3n) is 4.49. The van der Waals surface area contributed by atoms with Crippen LogP contribution in [0, 0.1) is 0 Å². The molecule has 0 spiro atoms. The van der Waals surface area contributed by atoms with E-state index in [1.165, 1.54) is 20.0 Å². The number of ether oxygens (including phenoxy) is 4. The monoisotopic (exact) mass is 395 g/mol. The minimum absolute atomic E-state index is 0.201. The zero-order valence-corrected chi connectivity index (χ0v) is 16.2. The minimum atomic E-state index is -1.27. The van der Waals surface area contributed by atoms with Crippen molar-refractivity contribution in [3.8, 4) is 11.5 Å². The van der Waals surface area contributed by atoms with E-state index in [-0.39, 0.29) is 5.57 Å². The van der Waals surface area contributed by atoms with E-state index in [0.717, 1.165) is 23.3 Å². The fourth-order valence-corrected chi connectivity index (χ4v) is 3.13. The van der Waals surface area contributed by atoms with Crippen LogP contribution in [0.4, 0.5) is 5.69 Å². The lowest BCUT2D eigenvalue weighted by Gasteiger charge is -2.29. The van der Waals surface area contributed by atoms with Crippen molar-refractivity contribution in [1.82, 2.24) is 0 Å².